The number of fused-ring (bicyclic) bond motifs is 2. The Balaban J connectivity index is 1.71. The maximum atomic E-state index is 12.5. The summed E-state index contributed by atoms with van der Waals surface area (Å²) in [6, 6.07) is 19.0. The Morgan fingerprint density at radius 1 is 0.909 bits per heavy atom. The maximum absolute atomic E-state index is 12.5. The summed E-state index contributed by atoms with van der Waals surface area (Å²) in [7, 11) is 0. The molecule has 0 radical (unpaired) electrons. The van der Waals surface area contributed by atoms with Crippen LogP contribution in [0.15, 0.2) is 60.7 Å². The van der Waals surface area contributed by atoms with Gasteiger partial charge in [0.05, 0.1) is 0 Å². The van der Waals surface area contributed by atoms with E-state index in [2.05, 4.69) is 20.7 Å². The third kappa shape index (κ3) is 2.09. The van der Waals surface area contributed by atoms with E-state index in [-0.39, 0.29) is 5.91 Å². The zero-order chi connectivity index (χ0) is 14.9. The lowest BCUT2D eigenvalue weighted by atomic mass is 10.1. The van der Waals surface area contributed by atoms with E-state index in [1.54, 1.807) is 18.2 Å². The molecular formula is C17H12N4O. The number of aromatic amines is 1. The Morgan fingerprint density at radius 2 is 1.73 bits per heavy atom. The van der Waals surface area contributed by atoms with Crippen LogP contribution in [-0.4, -0.2) is 21.3 Å². The van der Waals surface area contributed by atoms with Crippen molar-refractivity contribution in [3.8, 4) is 0 Å². The minimum atomic E-state index is -0.166. The number of rotatable bonds is 2. The molecule has 22 heavy (non-hydrogen) atoms. The lowest BCUT2D eigenvalue weighted by Gasteiger charge is -2.08. The molecule has 0 spiro atoms. The maximum Gasteiger partial charge on any atom is 0.255 e. The topological polar surface area (TPSA) is 70.7 Å². The third-order valence-corrected chi connectivity index (χ3v) is 3.62. The number of hydrogen-bond acceptors (Lipinski definition) is 3. The first kappa shape index (κ1) is 12.5. The van der Waals surface area contributed by atoms with Crippen LogP contribution < -0.4 is 5.32 Å². The van der Waals surface area contributed by atoms with Gasteiger partial charge in [0.15, 0.2) is 0 Å². The van der Waals surface area contributed by atoms with E-state index in [0.717, 1.165) is 22.0 Å². The molecule has 0 aliphatic rings. The van der Waals surface area contributed by atoms with E-state index < -0.39 is 0 Å². The molecule has 4 rings (SSSR count). The summed E-state index contributed by atoms with van der Waals surface area (Å²) >= 11 is 0. The summed E-state index contributed by atoms with van der Waals surface area (Å²) in [5.74, 6) is -0.166. The van der Waals surface area contributed by atoms with Crippen molar-refractivity contribution in [2.45, 2.75) is 0 Å². The molecule has 1 heterocycles. The predicted molar refractivity (Wildman–Crippen MR) is 85.8 cm³/mol. The van der Waals surface area contributed by atoms with Gasteiger partial charge in [-0.05, 0) is 29.7 Å². The average Bonchev–Trinajstić information content (AvgIpc) is 3.02. The molecule has 4 aromatic rings. The summed E-state index contributed by atoms with van der Waals surface area (Å²) in [5.41, 5.74) is 2.75. The second-order valence-corrected chi connectivity index (χ2v) is 5.01. The van der Waals surface area contributed by atoms with Crippen LogP contribution in [0, 0.1) is 0 Å². The molecule has 0 unspecified atom stereocenters. The number of anilines is 1. The van der Waals surface area contributed by atoms with E-state index >= 15 is 0 Å². The van der Waals surface area contributed by atoms with Gasteiger partial charge in [-0.2, -0.15) is 15.4 Å². The normalized spacial score (nSPS) is 10.9. The molecule has 0 saturated carbocycles. The van der Waals surface area contributed by atoms with Crippen LogP contribution in [0.3, 0.4) is 0 Å². The summed E-state index contributed by atoms with van der Waals surface area (Å²) < 4.78 is 0. The minimum absolute atomic E-state index is 0.166. The fourth-order valence-corrected chi connectivity index (χ4v) is 2.51. The van der Waals surface area contributed by atoms with Crippen LogP contribution in [0.5, 0.6) is 0 Å². The SMILES string of the molecule is O=C(Nc1cccc2ccccc12)c1ccc2n[nH]nc2c1. The fraction of sp³-hybridized carbons (Fsp3) is 0. The van der Waals surface area contributed by atoms with E-state index in [1.807, 2.05) is 42.5 Å². The molecule has 1 aromatic heterocycles. The molecule has 0 fully saturated rings. The zero-order valence-corrected chi connectivity index (χ0v) is 11.6. The van der Waals surface area contributed by atoms with E-state index in [0.29, 0.717) is 11.1 Å². The van der Waals surface area contributed by atoms with Gasteiger partial charge < -0.3 is 5.32 Å². The van der Waals surface area contributed by atoms with Gasteiger partial charge in [-0.3, -0.25) is 4.79 Å². The number of carbonyl (C=O) groups excluding carboxylic acids is 1. The predicted octanol–water partition coefficient (Wildman–Crippen LogP) is 3.36. The molecule has 1 amide bonds. The monoisotopic (exact) mass is 288 g/mol. The highest BCUT2D eigenvalue weighted by Gasteiger charge is 2.10. The smallest absolute Gasteiger partial charge is 0.255 e. The molecule has 0 aliphatic heterocycles. The molecule has 0 bridgehead atoms. The van der Waals surface area contributed by atoms with E-state index in [4.69, 9.17) is 0 Å². The van der Waals surface area contributed by atoms with Crippen molar-refractivity contribution in [3.63, 3.8) is 0 Å². The average molecular weight is 288 g/mol. The Morgan fingerprint density at radius 3 is 2.68 bits per heavy atom. The van der Waals surface area contributed by atoms with Crippen LogP contribution in [0.2, 0.25) is 0 Å². The summed E-state index contributed by atoms with van der Waals surface area (Å²) in [6.07, 6.45) is 0. The number of hydrogen-bond donors (Lipinski definition) is 2. The summed E-state index contributed by atoms with van der Waals surface area (Å²) in [4.78, 5) is 12.5. The van der Waals surface area contributed by atoms with Crippen molar-refractivity contribution in [2.75, 3.05) is 5.32 Å². The minimum Gasteiger partial charge on any atom is -0.321 e. The third-order valence-electron chi connectivity index (χ3n) is 3.62. The Kier molecular flexibility index (Phi) is 2.83. The van der Waals surface area contributed by atoms with Gasteiger partial charge in [0.1, 0.15) is 11.0 Å². The first-order valence-corrected chi connectivity index (χ1v) is 6.91. The van der Waals surface area contributed by atoms with Gasteiger partial charge in [-0.25, -0.2) is 0 Å². The molecule has 3 aromatic carbocycles. The van der Waals surface area contributed by atoms with Crippen LogP contribution >= 0.6 is 0 Å². The fourth-order valence-electron chi connectivity index (χ4n) is 2.51. The van der Waals surface area contributed by atoms with Crippen molar-refractivity contribution in [3.05, 3.63) is 66.2 Å². The highest BCUT2D eigenvalue weighted by Crippen LogP contribution is 2.23. The first-order chi connectivity index (χ1) is 10.8. The van der Waals surface area contributed by atoms with Crippen molar-refractivity contribution in [1.82, 2.24) is 15.4 Å². The molecule has 0 aliphatic carbocycles. The van der Waals surface area contributed by atoms with Crippen molar-refractivity contribution in [2.24, 2.45) is 0 Å². The number of nitrogens with one attached hydrogen (secondary N) is 2. The molecule has 5 heteroatoms. The first-order valence-electron chi connectivity index (χ1n) is 6.91. The van der Waals surface area contributed by atoms with Crippen LogP contribution in [0.4, 0.5) is 5.69 Å². The highest BCUT2D eigenvalue weighted by molar-refractivity contribution is 6.10. The standard InChI is InChI=1S/C17H12N4O/c22-17(12-8-9-15-16(10-12)20-21-19-15)18-14-7-3-5-11-4-1-2-6-13(11)14/h1-10H,(H,18,22)(H,19,20,21). The molecule has 0 atom stereocenters. The van der Waals surface area contributed by atoms with Gasteiger partial charge in [-0.15, -0.1) is 0 Å². The largest absolute Gasteiger partial charge is 0.321 e. The molecule has 106 valence electrons. The van der Waals surface area contributed by atoms with Crippen molar-refractivity contribution in [1.29, 1.82) is 0 Å². The van der Waals surface area contributed by atoms with E-state index in [9.17, 15) is 4.79 Å². The van der Waals surface area contributed by atoms with Crippen LogP contribution in [0.25, 0.3) is 21.8 Å². The van der Waals surface area contributed by atoms with Gasteiger partial charge in [-0.1, -0.05) is 36.4 Å². The second-order valence-electron chi connectivity index (χ2n) is 5.01. The summed E-state index contributed by atoms with van der Waals surface area (Å²) in [5, 5.41) is 15.6. The quantitative estimate of drug-likeness (QED) is 0.594. The van der Waals surface area contributed by atoms with Gasteiger partial charge >= 0.3 is 0 Å². The van der Waals surface area contributed by atoms with Crippen LogP contribution in [-0.2, 0) is 0 Å². The van der Waals surface area contributed by atoms with Crippen LogP contribution in [0.1, 0.15) is 10.4 Å². The lowest BCUT2D eigenvalue weighted by Crippen LogP contribution is -2.12. The Hall–Kier alpha value is -3.21. The number of H-pyrrole nitrogens is 1. The Labute approximate surface area is 126 Å². The molecule has 0 saturated heterocycles. The molecular weight excluding hydrogens is 276 g/mol. The Bertz CT molecular complexity index is 985. The number of benzene rings is 3. The lowest BCUT2D eigenvalue weighted by molar-refractivity contribution is 0.102. The zero-order valence-electron chi connectivity index (χ0n) is 11.6. The number of aromatic nitrogens is 3. The van der Waals surface area contributed by atoms with E-state index in [1.165, 1.54) is 0 Å². The van der Waals surface area contributed by atoms with Gasteiger partial charge in [0.25, 0.3) is 5.91 Å². The van der Waals surface area contributed by atoms with Crippen molar-refractivity contribution >= 4 is 33.4 Å². The number of nitrogens with zero attached hydrogens (tertiary/aromatic N) is 2. The number of amides is 1. The second kappa shape index (κ2) is 4.96. The molecule has 5 nitrogen and oxygen atoms in total. The van der Waals surface area contributed by atoms with Crippen molar-refractivity contribution < 1.29 is 4.79 Å². The van der Waals surface area contributed by atoms with Gasteiger partial charge in [0, 0.05) is 16.6 Å². The summed E-state index contributed by atoms with van der Waals surface area (Å²) in [6.45, 7) is 0. The van der Waals surface area contributed by atoms with Gasteiger partial charge in [0.2, 0.25) is 0 Å². The number of carbonyl (C=O) groups is 1. The highest BCUT2D eigenvalue weighted by atomic mass is 16.1. The molecule has 2 N–H and O–H groups in total.